The molecule has 0 aliphatic carbocycles. The second-order valence-corrected chi connectivity index (χ2v) is 3.52. The Kier molecular flexibility index (Phi) is 2.25. The number of hydrogen-bond acceptors (Lipinski definition) is 2. The zero-order chi connectivity index (χ0) is 10.1. The van der Waals surface area contributed by atoms with Crippen LogP contribution in [-0.4, -0.2) is 16.9 Å². The summed E-state index contributed by atoms with van der Waals surface area (Å²) in [4.78, 5) is 0. The van der Waals surface area contributed by atoms with Crippen LogP contribution in [0.15, 0.2) is 18.2 Å². The van der Waals surface area contributed by atoms with E-state index in [2.05, 4.69) is 30.2 Å². The first-order valence-electron chi connectivity index (χ1n) is 4.63. The lowest BCUT2D eigenvalue weighted by Crippen LogP contribution is -1.92. The molecule has 0 amide bonds. The van der Waals surface area contributed by atoms with Gasteiger partial charge >= 0.3 is 0 Å². The molecule has 0 atom stereocenters. The van der Waals surface area contributed by atoms with Crippen LogP contribution < -0.4 is 0 Å². The maximum Gasteiger partial charge on any atom is 0.0960 e. The van der Waals surface area contributed by atoms with E-state index in [4.69, 9.17) is 4.74 Å². The number of fused-ring (bicyclic) bond motifs is 1. The Balaban J connectivity index is 2.65. The van der Waals surface area contributed by atoms with Gasteiger partial charge in [0.25, 0.3) is 0 Å². The third-order valence-electron chi connectivity index (χ3n) is 2.36. The van der Waals surface area contributed by atoms with Crippen LogP contribution in [0.5, 0.6) is 0 Å². The molecule has 0 aliphatic heterocycles. The number of methoxy groups -OCH3 is 1. The van der Waals surface area contributed by atoms with Gasteiger partial charge in [0, 0.05) is 19.5 Å². The summed E-state index contributed by atoms with van der Waals surface area (Å²) < 4.78 is 7.00. The van der Waals surface area contributed by atoms with E-state index >= 15 is 0 Å². The molecule has 0 unspecified atom stereocenters. The Morgan fingerprint density at radius 2 is 2.21 bits per heavy atom. The van der Waals surface area contributed by atoms with E-state index in [1.165, 1.54) is 10.9 Å². The Morgan fingerprint density at radius 3 is 2.93 bits per heavy atom. The minimum absolute atomic E-state index is 0.570. The molecule has 1 aromatic heterocycles. The Labute approximate surface area is 83.3 Å². The predicted octanol–water partition coefficient (Wildman–Crippen LogP) is 2.03. The number of aromatic nitrogens is 2. The fraction of sp³-hybridized carbons (Fsp3) is 0.364. The van der Waals surface area contributed by atoms with E-state index in [0.717, 1.165) is 11.2 Å². The van der Waals surface area contributed by atoms with Gasteiger partial charge in [-0.15, -0.1) is 0 Å². The summed E-state index contributed by atoms with van der Waals surface area (Å²) in [5.74, 6) is 0. The van der Waals surface area contributed by atoms with Gasteiger partial charge in [0.15, 0.2) is 0 Å². The minimum Gasteiger partial charge on any atom is -0.378 e. The summed E-state index contributed by atoms with van der Waals surface area (Å²) in [5, 5.41) is 5.59. The van der Waals surface area contributed by atoms with Crippen molar-refractivity contribution in [2.75, 3.05) is 7.11 Å². The number of aryl methyl sites for hydroxylation is 2. The Hall–Kier alpha value is -1.35. The van der Waals surface area contributed by atoms with Crippen LogP contribution in [0.3, 0.4) is 0 Å². The zero-order valence-electron chi connectivity index (χ0n) is 8.74. The Bertz CT molecular complexity index is 460. The SMILES string of the molecule is COCc1nn(C)c2cc(C)ccc12. The highest BCUT2D eigenvalue weighted by Gasteiger charge is 2.07. The molecule has 74 valence electrons. The normalized spacial score (nSPS) is 11.1. The summed E-state index contributed by atoms with van der Waals surface area (Å²) in [5.41, 5.74) is 3.42. The number of nitrogens with zero attached hydrogens (tertiary/aromatic N) is 2. The fourth-order valence-corrected chi connectivity index (χ4v) is 1.69. The third kappa shape index (κ3) is 1.40. The van der Waals surface area contributed by atoms with Crippen molar-refractivity contribution in [3.05, 3.63) is 29.5 Å². The first kappa shape index (κ1) is 9.21. The lowest BCUT2D eigenvalue weighted by atomic mass is 10.1. The van der Waals surface area contributed by atoms with Crippen molar-refractivity contribution >= 4 is 10.9 Å². The molecule has 0 radical (unpaired) electrons. The quantitative estimate of drug-likeness (QED) is 0.724. The molecule has 0 saturated heterocycles. The van der Waals surface area contributed by atoms with Crippen LogP contribution >= 0.6 is 0 Å². The van der Waals surface area contributed by atoms with Gasteiger partial charge in [0.05, 0.1) is 17.8 Å². The predicted molar refractivity (Wildman–Crippen MR) is 56.2 cm³/mol. The first-order chi connectivity index (χ1) is 6.72. The smallest absolute Gasteiger partial charge is 0.0960 e. The van der Waals surface area contributed by atoms with Gasteiger partial charge in [-0.05, 0) is 18.6 Å². The van der Waals surface area contributed by atoms with Crippen LogP contribution in [0.2, 0.25) is 0 Å². The molecule has 0 aliphatic rings. The molecular formula is C11H14N2O. The largest absolute Gasteiger partial charge is 0.378 e. The lowest BCUT2D eigenvalue weighted by Gasteiger charge is -1.96. The summed E-state index contributed by atoms with van der Waals surface area (Å²) in [6.45, 7) is 2.66. The van der Waals surface area contributed by atoms with Crippen LogP contribution in [-0.2, 0) is 18.4 Å². The maximum atomic E-state index is 5.10. The molecule has 0 spiro atoms. The minimum atomic E-state index is 0.570. The van der Waals surface area contributed by atoms with E-state index in [0.29, 0.717) is 6.61 Å². The second kappa shape index (κ2) is 3.42. The van der Waals surface area contributed by atoms with Crippen molar-refractivity contribution in [3.63, 3.8) is 0 Å². The number of ether oxygens (including phenoxy) is 1. The van der Waals surface area contributed by atoms with Gasteiger partial charge in [-0.3, -0.25) is 4.68 Å². The summed E-state index contributed by atoms with van der Waals surface area (Å²) in [6, 6.07) is 6.34. The highest BCUT2D eigenvalue weighted by atomic mass is 16.5. The van der Waals surface area contributed by atoms with Crippen LogP contribution in [0, 0.1) is 6.92 Å². The summed E-state index contributed by atoms with van der Waals surface area (Å²) in [7, 11) is 3.65. The van der Waals surface area contributed by atoms with E-state index in [9.17, 15) is 0 Å². The van der Waals surface area contributed by atoms with Gasteiger partial charge in [-0.1, -0.05) is 12.1 Å². The molecule has 0 bridgehead atoms. The molecule has 0 N–H and O–H groups in total. The molecule has 14 heavy (non-hydrogen) atoms. The standard InChI is InChI=1S/C11H14N2O/c1-8-4-5-9-10(7-14-3)12-13(2)11(9)6-8/h4-6H,7H2,1-3H3. The molecular weight excluding hydrogens is 176 g/mol. The van der Waals surface area contributed by atoms with Crippen molar-refractivity contribution in [1.82, 2.24) is 9.78 Å². The van der Waals surface area contributed by atoms with E-state index < -0.39 is 0 Å². The molecule has 3 nitrogen and oxygen atoms in total. The molecule has 1 heterocycles. The summed E-state index contributed by atoms with van der Waals surface area (Å²) in [6.07, 6.45) is 0. The van der Waals surface area contributed by atoms with Gasteiger partial charge < -0.3 is 4.74 Å². The van der Waals surface area contributed by atoms with Crippen LogP contribution in [0.4, 0.5) is 0 Å². The first-order valence-corrected chi connectivity index (χ1v) is 4.63. The fourth-order valence-electron chi connectivity index (χ4n) is 1.69. The Morgan fingerprint density at radius 1 is 1.43 bits per heavy atom. The van der Waals surface area contributed by atoms with Gasteiger partial charge in [0.1, 0.15) is 0 Å². The second-order valence-electron chi connectivity index (χ2n) is 3.52. The number of benzene rings is 1. The van der Waals surface area contributed by atoms with Crippen molar-refractivity contribution in [2.45, 2.75) is 13.5 Å². The van der Waals surface area contributed by atoms with Gasteiger partial charge in [-0.25, -0.2) is 0 Å². The highest BCUT2D eigenvalue weighted by Crippen LogP contribution is 2.19. The van der Waals surface area contributed by atoms with E-state index in [1.807, 2.05) is 11.7 Å². The average Bonchev–Trinajstić information content (AvgIpc) is 2.44. The van der Waals surface area contributed by atoms with E-state index in [1.54, 1.807) is 7.11 Å². The van der Waals surface area contributed by atoms with Gasteiger partial charge in [0.2, 0.25) is 0 Å². The molecule has 1 aromatic carbocycles. The summed E-state index contributed by atoms with van der Waals surface area (Å²) >= 11 is 0. The highest BCUT2D eigenvalue weighted by molar-refractivity contribution is 5.82. The van der Waals surface area contributed by atoms with E-state index in [-0.39, 0.29) is 0 Å². The zero-order valence-corrected chi connectivity index (χ0v) is 8.74. The van der Waals surface area contributed by atoms with Crippen LogP contribution in [0.25, 0.3) is 10.9 Å². The monoisotopic (exact) mass is 190 g/mol. The van der Waals surface area contributed by atoms with Gasteiger partial charge in [-0.2, -0.15) is 5.10 Å². The van der Waals surface area contributed by atoms with Crippen molar-refractivity contribution in [2.24, 2.45) is 7.05 Å². The molecule has 0 saturated carbocycles. The molecule has 2 rings (SSSR count). The third-order valence-corrected chi connectivity index (χ3v) is 2.36. The number of rotatable bonds is 2. The molecule has 3 heteroatoms. The lowest BCUT2D eigenvalue weighted by molar-refractivity contribution is 0.182. The number of hydrogen-bond donors (Lipinski definition) is 0. The molecule has 2 aromatic rings. The van der Waals surface area contributed by atoms with Crippen molar-refractivity contribution in [1.29, 1.82) is 0 Å². The van der Waals surface area contributed by atoms with Crippen molar-refractivity contribution in [3.8, 4) is 0 Å². The molecule has 0 fully saturated rings. The van der Waals surface area contributed by atoms with Crippen molar-refractivity contribution < 1.29 is 4.74 Å². The average molecular weight is 190 g/mol. The van der Waals surface area contributed by atoms with Crippen LogP contribution in [0.1, 0.15) is 11.3 Å². The maximum absolute atomic E-state index is 5.10. The topological polar surface area (TPSA) is 27.1 Å².